The van der Waals surface area contributed by atoms with E-state index in [-0.39, 0.29) is 18.1 Å². The van der Waals surface area contributed by atoms with Gasteiger partial charge in [-0.05, 0) is 33.1 Å². The lowest BCUT2D eigenvalue weighted by Gasteiger charge is -2.40. The number of rotatable bonds is 6. The molecule has 6 heteroatoms. The van der Waals surface area contributed by atoms with E-state index in [4.69, 9.17) is 9.47 Å². The van der Waals surface area contributed by atoms with Crippen LogP contribution in [-0.4, -0.2) is 43.8 Å². The summed E-state index contributed by atoms with van der Waals surface area (Å²) < 4.78 is 34.4. The summed E-state index contributed by atoms with van der Waals surface area (Å²) in [5.41, 5.74) is -0.812. The van der Waals surface area contributed by atoms with Crippen LogP contribution in [0.15, 0.2) is 0 Å². The number of ether oxygens (including phenoxy) is 2. The molecule has 0 aromatic carbocycles. The number of carbonyl (C=O) groups excluding carboxylic acids is 1. The summed E-state index contributed by atoms with van der Waals surface area (Å²) in [4.78, 5) is 12.0. The fraction of sp³-hybridized carbons (Fsp3) is 0.923. The van der Waals surface area contributed by atoms with Crippen molar-refractivity contribution < 1.29 is 23.0 Å². The van der Waals surface area contributed by atoms with Gasteiger partial charge >= 0.3 is 5.97 Å². The first kappa shape index (κ1) is 16.3. The van der Waals surface area contributed by atoms with E-state index < -0.39 is 18.6 Å². The normalized spacial score (nSPS) is 27.8. The summed E-state index contributed by atoms with van der Waals surface area (Å²) in [5.74, 6) is -0.341. The van der Waals surface area contributed by atoms with Gasteiger partial charge in [0.05, 0.1) is 13.2 Å². The highest BCUT2D eigenvalue weighted by Crippen LogP contribution is 2.32. The Kier molecular flexibility index (Phi) is 6.13. The molecule has 0 bridgehead atoms. The van der Waals surface area contributed by atoms with Crippen molar-refractivity contribution in [2.45, 2.75) is 63.6 Å². The number of nitrogens with one attached hydrogen (secondary N) is 1. The zero-order valence-electron chi connectivity index (χ0n) is 11.7. The maximum Gasteiger partial charge on any atom is 0.326 e. The van der Waals surface area contributed by atoms with Gasteiger partial charge in [0.1, 0.15) is 12.1 Å². The molecule has 1 N–H and O–H groups in total. The van der Waals surface area contributed by atoms with Crippen molar-refractivity contribution in [3.8, 4) is 0 Å². The molecule has 1 rings (SSSR count). The third-order valence-electron chi connectivity index (χ3n) is 3.30. The molecule has 0 amide bonds. The molecule has 4 nitrogen and oxygen atoms in total. The lowest BCUT2D eigenvalue weighted by Crippen LogP contribution is -2.58. The van der Waals surface area contributed by atoms with Crippen LogP contribution in [0.5, 0.6) is 0 Å². The average Bonchev–Trinajstić information content (AvgIpc) is 2.35. The number of methoxy groups -OCH3 is 1. The van der Waals surface area contributed by atoms with Gasteiger partial charge in [-0.2, -0.15) is 0 Å². The average molecular weight is 279 g/mol. The predicted octanol–water partition coefficient (Wildman–Crippen LogP) is 2.12. The molecule has 2 unspecified atom stereocenters. The number of carbonyl (C=O) groups is 1. The van der Waals surface area contributed by atoms with E-state index in [1.165, 1.54) is 7.11 Å². The van der Waals surface area contributed by atoms with Crippen LogP contribution in [0.4, 0.5) is 8.78 Å². The van der Waals surface area contributed by atoms with E-state index >= 15 is 0 Å². The number of esters is 1. The molecular formula is C13H23F2NO3. The molecule has 1 saturated carbocycles. The highest BCUT2D eigenvalue weighted by Gasteiger charge is 2.44. The van der Waals surface area contributed by atoms with Gasteiger partial charge < -0.3 is 9.47 Å². The van der Waals surface area contributed by atoms with Gasteiger partial charge in [0, 0.05) is 12.5 Å². The molecule has 0 heterocycles. The molecule has 1 aliphatic rings. The van der Waals surface area contributed by atoms with Crippen LogP contribution in [-0.2, 0) is 14.3 Å². The van der Waals surface area contributed by atoms with Gasteiger partial charge in [0.2, 0.25) is 0 Å². The van der Waals surface area contributed by atoms with Crippen LogP contribution in [0.1, 0.15) is 39.5 Å². The summed E-state index contributed by atoms with van der Waals surface area (Å²) >= 11 is 0. The molecule has 0 spiro atoms. The van der Waals surface area contributed by atoms with Crippen LogP contribution >= 0.6 is 0 Å². The van der Waals surface area contributed by atoms with Crippen molar-refractivity contribution in [3.05, 3.63) is 0 Å². The van der Waals surface area contributed by atoms with E-state index in [2.05, 4.69) is 5.32 Å². The Labute approximate surface area is 112 Å². The lowest BCUT2D eigenvalue weighted by molar-refractivity contribution is -0.154. The summed E-state index contributed by atoms with van der Waals surface area (Å²) in [6.07, 6.45) is -0.328. The largest absolute Gasteiger partial charge is 0.468 e. The van der Waals surface area contributed by atoms with Gasteiger partial charge in [-0.1, -0.05) is 0 Å². The van der Waals surface area contributed by atoms with Gasteiger partial charge in [0.15, 0.2) is 0 Å². The van der Waals surface area contributed by atoms with Crippen LogP contribution < -0.4 is 5.32 Å². The highest BCUT2D eigenvalue weighted by molar-refractivity contribution is 5.81. The minimum Gasteiger partial charge on any atom is -0.468 e. The first-order chi connectivity index (χ1) is 8.89. The third kappa shape index (κ3) is 4.69. The molecular weight excluding hydrogens is 256 g/mol. The SMILES string of the molecule is COC(=O)C1(NC(C)C)CCCC(OCC(F)F)C1. The summed E-state index contributed by atoms with van der Waals surface area (Å²) in [6, 6.07) is 0.105. The number of alkyl halides is 2. The molecule has 1 aliphatic carbocycles. The van der Waals surface area contributed by atoms with Crippen molar-refractivity contribution in [1.82, 2.24) is 5.32 Å². The van der Waals surface area contributed by atoms with Crippen LogP contribution in [0.3, 0.4) is 0 Å². The maximum absolute atomic E-state index is 12.2. The molecule has 1 fully saturated rings. The first-order valence-electron chi connectivity index (χ1n) is 6.65. The summed E-state index contributed by atoms with van der Waals surface area (Å²) in [6.45, 7) is 3.30. The molecule has 0 radical (unpaired) electrons. The Balaban J connectivity index is 2.71. The van der Waals surface area contributed by atoms with Gasteiger partial charge in [0.25, 0.3) is 6.43 Å². The maximum atomic E-state index is 12.2. The lowest BCUT2D eigenvalue weighted by atomic mass is 9.79. The molecule has 0 aliphatic heterocycles. The number of hydrogen-bond donors (Lipinski definition) is 1. The van der Waals surface area contributed by atoms with E-state index in [1.807, 2.05) is 13.8 Å². The second-order valence-corrected chi connectivity index (χ2v) is 5.32. The Bertz CT molecular complexity index is 300. The Morgan fingerprint density at radius 2 is 2.16 bits per heavy atom. The van der Waals surface area contributed by atoms with Crippen molar-refractivity contribution >= 4 is 5.97 Å². The topological polar surface area (TPSA) is 47.6 Å². The minimum absolute atomic E-state index is 0.105. The fourth-order valence-corrected chi connectivity index (χ4v) is 2.70. The summed E-state index contributed by atoms with van der Waals surface area (Å²) in [7, 11) is 1.34. The smallest absolute Gasteiger partial charge is 0.326 e. The Hall–Kier alpha value is -0.750. The Morgan fingerprint density at radius 1 is 1.47 bits per heavy atom. The number of halogens is 2. The zero-order chi connectivity index (χ0) is 14.5. The van der Waals surface area contributed by atoms with Crippen molar-refractivity contribution in [1.29, 1.82) is 0 Å². The van der Waals surface area contributed by atoms with E-state index in [0.29, 0.717) is 19.3 Å². The minimum atomic E-state index is -2.48. The van der Waals surface area contributed by atoms with Crippen molar-refractivity contribution in [3.63, 3.8) is 0 Å². The predicted molar refractivity (Wildman–Crippen MR) is 67.2 cm³/mol. The second-order valence-electron chi connectivity index (χ2n) is 5.32. The Morgan fingerprint density at radius 3 is 2.68 bits per heavy atom. The molecule has 19 heavy (non-hydrogen) atoms. The van der Waals surface area contributed by atoms with Crippen LogP contribution in [0.2, 0.25) is 0 Å². The third-order valence-corrected chi connectivity index (χ3v) is 3.30. The van der Waals surface area contributed by atoms with Gasteiger partial charge in [-0.25, -0.2) is 8.78 Å². The highest BCUT2D eigenvalue weighted by atomic mass is 19.3. The number of hydrogen-bond acceptors (Lipinski definition) is 4. The summed E-state index contributed by atoms with van der Waals surface area (Å²) in [5, 5.41) is 3.22. The van der Waals surface area contributed by atoms with Crippen LogP contribution in [0, 0.1) is 0 Å². The second kappa shape index (κ2) is 7.14. The molecule has 0 saturated heterocycles. The quantitative estimate of drug-likeness (QED) is 0.757. The molecule has 0 aromatic heterocycles. The van der Waals surface area contributed by atoms with E-state index in [0.717, 1.165) is 6.42 Å². The van der Waals surface area contributed by atoms with Crippen LogP contribution in [0.25, 0.3) is 0 Å². The van der Waals surface area contributed by atoms with Gasteiger partial charge in [-0.3, -0.25) is 10.1 Å². The monoisotopic (exact) mass is 279 g/mol. The van der Waals surface area contributed by atoms with E-state index in [9.17, 15) is 13.6 Å². The first-order valence-corrected chi connectivity index (χ1v) is 6.65. The zero-order valence-corrected chi connectivity index (χ0v) is 11.7. The van der Waals surface area contributed by atoms with Crippen molar-refractivity contribution in [2.24, 2.45) is 0 Å². The molecule has 0 aromatic rings. The molecule has 2 atom stereocenters. The van der Waals surface area contributed by atoms with Gasteiger partial charge in [-0.15, -0.1) is 0 Å². The standard InChI is InChI=1S/C13H23F2NO3/c1-9(2)16-13(12(17)18-3)6-4-5-10(7-13)19-8-11(14)15/h9-11,16H,4-8H2,1-3H3. The fourth-order valence-electron chi connectivity index (χ4n) is 2.70. The van der Waals surface area contributed by atoms with Crippen molar-refractivity contribution in [2.75, 3.05) is 13.7 Å². The molecule has 112 valence electrons. The van der Waals surface area contributed by atoms with E-state index in [1.54, 1.807) is 0 Å².